The monoisotopic (exact) mass is 269 g/mol. The minimum Gasteiger partial charge on any atom is -0.323 e. The van der Waals surface area contributed by atoms with E-state index in [2.05, 4.69) is 15.9 Å². The Labute approximate surface area is 88.1 Å². The Kier molecular flexibility index (Phi) is 3.43. The first-order chi connectivity index (χ1) is 5.88. The topological polar surface area (TPSA) is 26.0 Å². The smallest absolute Gasteiger partial charge is 0.247 e. The Morgan fingerprint density at radius 3 is 2.62 bits per heavy atom. The summed E-state index contributed by atoms with van der Waals surface area (Å²) in [4.78, 5) is 0.786. The third-order valence-electron chi connectivity index (χ3n) is 1.54. The van der Waals surface area contributed by atoms with Crippen molar-refractivity contribution in [2.45, 2.75) is 25.3 Å². The van der Waals surface area contributed by atoms with Gasteiger partial charge in [-0.15, -0.1) is 11.3 Å². The molecule has 74 valence electrons. The summed E-state index contributed by atoms with van der Waals surface area (Å²) in [5, 5.41) is 0. The first-order valence-corrected chi connectivity index (χ1v) is 5.38. The number of thiophene rings is 1. The molecule has 0 radical (unpaired) electrons. The van der Waals surface area contributed by atoms with Crippen LogP contribution in [-0.2, 0) is 0 Å². The Morgan fingerprint density at radius 2 is 2.23 bits per heavy atom. The molecule has 0 aromatic carbocycles. The van der Waals surface area contributed by atoms with E-state index in [-0.39, 0.29) is 6.42 Å². The van der Waals surface area contributed by atoms with Crippen LogP contribution in [0, 0.1) is 0 Å². The lowest BCUT2D eigenvalue weighted by atomic mass is 10.1. The normalized spacial score (nSPS) is 14.5. The third-order valence-corrected chi connectivity index (χ3v) is 3.29. The van der Waals surface area contributed by atoms with Crippen LogP contribution < -0.4 is 5.73 Å². The first kappa shape index (κ1) is 11.1. The third kappa shape index (κ3) is 3.70. The van der Waals surface area contributed by atoms with E-state index in [0.29, 0.717) is 0 Å². The number of hydrogen-bond donors (Lipinski definition) is 1. The van der Waals surface area contributed by atoms with Crippen molar-refractivity contribution in [2.75, 3.05) is 0 Å². The first-order valence-electron chi connectivity index (χ1n) is 3.77. The summed E-state index contributed by atoms with van der Waals surface area (Å²) in [6.07, 6.45) is -0.306. The van der Waals surface area contributed by atoms with E-state index in [4.69, 9.17) is 5.73 Å². The highest BCUT2D eigenvalue weighted by Crippen LogP contribution is 2.31. The molecule has 0 aliphatic heterocycles. The molecule has 1 rings (SSSR count). The largest absolute Gasteiger partial charge is 0.323 e. The highest BCUT2D eigenvalue weighted by Gasteiger charge is 2.26. The number of alkyl halides is 2. The SMILES string of the molecule is CC(F)(F)CC(N)c1ccc(Br)s1. The molecule has 0 spiro atoms. The summed E-state index contributed by atoms with van der Waals surface area (Å²) < 4.78 is 26.1. The highest BCUT2D eigenvalue weighted by atomic mass is 79.9. The lowest BCUT2D eigenvalue weighted by Gasteiger charge is -2.14. The maximum atomic E-state index is 12.6. The van der Waals surface area contributed by atoms with Gasteiger partial charge >= 0.3 is 0 Å². The van der Waals surface area contributed by atoms with E-state index in [1.54, 1.807) is 6.07 Å². The molecule has 1 atom stereocenters. The molecule has 0 fully saturated rings. The van der Waals surface area contributed by atoms with Crippen LogP contribution in [0.5, 0.6) is 0 Å². The molecule has 0 amide bonds. The van der Waals surface area contributed by atoms with Gasteiger partial charge in [0.05, 0.1) is 3.79 Å². The van der Waals surface area contributed by atoms with Crippen molar-refractivity contribution in [1.29, 1.82) is 0 Å². The number of nitrogens with two attached hydrogens (primary N) is 1. The van der Waals surface area contributed by atoms with Gasteiger partial charge in [0.2, 0.25) is 5.92 Å². The molecule has 2 N–H and O–H groups in total. The van der Waals surface area contributed by atoms with Gasteiger partial charge in [-0.2, -0.15) is 0 Å². The maximum absolute atomic E-state index is 12.6. The minimum absolute atomic E-state index is 0.306. The Bertz CT molecular complexity index is 282. The fourth-order valence-electron chi connectivity index (χ4n) is 1.01. The minimum atomic E-state index is -2.70. The zero-order chi connectivity index (χ0) is 10.1. The molecular weight excluding hydrogens is 260 g/mol. The average Bonchev–Trinajstić information content (AvgIpc) is 2.31. The van der Waals surface area contributed by atoms with Crippen molar-refractivity contribution in [3.8, 4) is 0 Å². The molecule has 0 bridgehead atoms. The summed E-state index contributed by atoms with van der Waals surface area (Å²) in [7, 11) is 0. The number of rotatable bonds is 3. The fraction of sp³-hybridized carbons (Fsp3) is 0.500. The predicted octanol–water partition coefficient (Wildman–Crippen LogP) is 3.56. The Balaban J connectivity index is 2.64. The molecule has 0 saturated carbocycles. The van der Waals surface area contributed by atoms with Gasteiger partial charge in [-0.3, -0.25) is 0 Å². The van der Waals surface area contributed by atoms with Gasteiger partial charge in [-0.25, -0.2) is 8.78 Å². The molecule has 1 unspecified atom stereocenters. The molecule has 0 saturated heterocycles. The summed E-state index contributed by atoms with van der Waals surface area (Å²) >= 11 is 4.65. The van der Waals surface area contributed by atoms with Crippen LogP contribution in [0.2, 0.25) is 0 Å². The predicted molar refractivity (Wildman–Crippen MR) is 54.2 cm³/mol. The van der Waals surface area contributed by atoms with E-state index in [9.17, 15) is 8.78 Å². The summed E-state index contributed by atoms with van der Waals surface area (Å²) in [6.45, 7) is 0.884. The van der Waals surface area contributed by atoms with Crippen molar-refractivity contribution >= 4 is 27.3 Å². The van der Waals surface area contributed by atoms with Crippen LogP contribution >= 0.6 is 27.3 Å². The van der Waals surface area contributed by atoms with Crippen LogP contribution in [0.1, 0.15) is 24.3 Å². The second-order valence-corrected chi connectivity index (χ2v) is 5.52. The molecule has 1 aromatic heterocycles. The average molecular weight is 270 g/mol. The van der Waals surface area contributed by atoms with Crippen LogP contribution in [0.4, 0.5) is 8.78 Å². The summed E-state index contributed by atoms with van der Waals surface area (Å²) in [5.41, 5.74) is 5.60. The maximum Gasteiger partial charge on any atom is 0.247 e. The van der Waals surface area contributed by atoms with Gasteiger partial charge in [0.15, 0.2) is 0 Å². The van der Waals surface area contributed by atoms with E-state index in [1.165, 1.54) is 11.3 Å². The van der Waals surface area contributed by atoms with Gasteiger partial charge < -0.3 is 5.73 Å². The van der Waals surface area contributed by atoms with E-state index in [0.717, 1.165) is 15.6 Å². The lowest BCUT2D eigenvalue weighted by molar-refractivity contribution is 0.00646. The van der Waals surface area contributed by atoms with Crippen LogP contribution in [0.25, 0.3) is 0 Å². The summed E-state index contributed by atoms with van der Waals surface area (Å²) in [5.74, 6) is -2.70. The fourth-order valence-corrected chi connectivity index (χ4v) is 2.44. The second kappa shape index (κ2) is 4.02. The van der Waals surface area contributed by atoms with Crippen molar-refractivity contribution < 1.29 is 8.78 Å². The summed E-state index contributed by atoms with van der Waals surface area (Å²) in [6, 6.07) is 3.01. The molecule has 5 heteroatoms. The zero-order valence-electron chi connectivity index (χ0n) is 7.06. The van der Waals surface area contributed by atoms with Crippen LogP contribution in [0.3, 0.4) is 0 Å². The number of halogens is 3. The Hall–Kier alpha value is -0.0000000000000000833. The van der Waals surface area contributed by atoms with Crippen LogP contribution in [-0.4, -0.2) is 5.92 Å². The highest BCUT2D eigenvalue weighted by molar-refractivity contribution is 9.11. The van der Waals surface area contributed by atoms with E-state index >= 15 is 0 Å². The quantitative estimate of drug-likeness (QED) is 0.893. The zero-order valence-corrected chi connectivity index (χ0v) is 9.46. The molecule has 1 nitrogen and oxygen atoms in total. The van der Waals surface area contributed by atoms with Gasteiger partial charge in [-0.1, -0.05) is 0 Å². The van der Waals surface area contributed by atoms with Crippen molar-refractivity contribution in [1.82, 2.24) is 0 Å². The van der Waals surface area contributed by atoms with Crippen molar-refractivity contribution in [3.63, 3.8) is 0 Å². The molecule has 0 aliphatic carbocycles. The van der Waals surface area contributed by atoms with Crippen LogP contribution in [0.15, 0.2) is 15.9 Å². The second-order valence-electron chi connectivity index (χ2n) is 3.02. The molecule has 0 aliphatic rings. The van der Waals surface area contributed by atoms with Gasteiger partial charge in [0.1, 0.15) is 0 Å². The van der Waals surface area contributed by atoms with Crippen molar-refractivity contribution in [2.24, 2.45) is 5.73 Å². The number of hydrogen-bond acceptors (Lipinski definition) is 2. The lowest BCUT2D eigenvalue weighted by Crippen LogP contribution is -2.20. The van der Waals surface area contributed by atoms with E-state index < -0.39 is 12.0 Å². The molecule has 13 heavy (non-hydrogen) atoms. The van der Waals surface area contributed by atoms with Gasteiger partial charge in [0, 0.05) is 17.3 Å². The molecular formula is C8H10BrF2NS. The van der Waals surface area contributed by atoms with Gasteiger partial charge in [0.25, 0.3) is 0 Å². The van der Waals surface area contributed by atoms with Gasteiger partial charge in [-0.05, 0) is 35.0 Å². The van der Waals surface area contributed by atoms with E-state index in [1.807, 2.05) is 6.07 Å². The molecule has 1 heterocycles. The van der Waals surface area contributed by atoms with Crippen molar-refractivity contribution in [3.05, 3.63) is 20.8 Å². The standard InChI is InChI=1S/C8H10BrF2NS/c1-8(10,11)4-5(12)6-2-3-7(9)13-6/h2-3,5H,4,12H2,1H3. The Morgan fingerprint density at radius 1 is 1.62 bits per heavy atom. The molecule has 1 aromatic rings.